The minimum atomic E-state index is -1.27. The van der Waals surface area contributed by atoms with Crippen molar-refractivity contribution in [1.82, 2.24) is 15.7 Å². The average Bonchev–Trinajstić information content (AvgIpc) is 3.41. The molecular weight excluding hydrogens is 514 g/mol. The first kappa shape index (κ1) is 30.8. The van der Waals surface area contributed by atoms with E-state index in [4.69, 9.17) is 14.3 Å². The number of nitrogens with zero attached hydrogens (tertiary/aromatic N) is 1. The number of unbranched alkanes of at least 4 members (excludes halogenated alkanes) is 2. The summed E-state index contributed by atoms with van der Waals surface area (Å²) >= 11 is 0. The second-order valence-corrected chi connectivity index (χ2v) is 8.68. The normalized spacial score (nSPS) is 12.2. The number of aliphatic carboxylic acids is 1. The van der Waals surface area contributed by atoms with E-state index in [1.165, 1.54) is 24.3 Å². The number of hydrogen-bond donors (Lipinski definition) is 5. The number of rotatable bonds is 17. The van der Waals surface area contributed by atoms with E-state index in [1.54, 1.807) is 6.92 Å². The van der Waals surface area contributed by atoms with Gasteiger partial charge in [0.15, 0.2) is 12.4 Å². The highest BCUT2D eigenvalue weighted by molar-refractivity contribution is 5.93. The second-order valence-electron chi connectivity index (χ2n) is 8.68. The molecule has 0 aliphatic heterocycles. The Labute approximate surface area is 224 Å². The van der Waals surface area contributed by atoms with Crippen molar-refractivity contribution in [1.29, 1.82) is 0 Å². The van der Waals surface area contributed by atoms with Crippen molar-refractivity contribution < 1.29 is 48.5 Å². The van der Waals surface area contributed by atoms with Gasteiger partial charge in [-0.1, -0.05) is 33.1 Å². The monoisotopic (exact) mass is 547 g/mol. The number of aromatic carboxylic acids is 1. The molecule has 0 aliphatic rings. The highest BCUT2D eigenvalue weighted by Gasteiger charge is 2.30. The molecule has 13 nitrogen and oxygen atoms in total. The fourth-order valence-electron chi connectivity index (χ4n) is 3.98. The minimum Gasteiger partial charge on any atom is -0.482 e. The zero-order valence-corrected chi connectivity index (χ0v) is 21.7. The van der Waals surface area contributed by atoms with E-state index in [0.29, 0.717) is 17.9 Å². The predicted octanol–water partition coefficient (Wildman–Crippen LogP) is 2.73. The molecule has 0 saturated heterocycles. The van der Waals surface area contributed by atoms with Crippen LogP contribution in [-0.4, -0.2) is 70.0 Å². The van der Waals surface area contributed by atoms with Crippen LogP contribution in [0.3, 0.4) is 0 Å². The van der Waals surface area contributed by atoms with Gasteiger partial charge in [-0.3, -0.25) is 19.6 Å². The van der Waals surface area contributed by atoms with Gasteiger partial charge in [0.25, 0.3) is 5.91 Å². The van der Waals surface area contributed by atoms with E-state index in [0.717, 1.165) is 25.3 Å². The van der Waals surface area contributed by atoms with Crippen molar-refractivity contribution in [3.8, 4) is 17.1 Å². The van der Waals surface area contributed by atoms with Crippen molar-refractivity contribution in [2.45, 2.75) is 52.0 Å². The SMILES string of the molecule is CCCCCC(C(=O)NCNC(=O)c1ccc(-c2cc(OCC(=O)O)cc(C(=O)O)c2)o1)C(CC)N(O)C=O. The van der Waals surface area contributed by atoms with Gasteiger partial charge in [-0.2, -0.15) is 0 Å². The molecule has 0 spiro atoms. The van der Waals surface area contributed by atoms with Crippen molar-refractivity contribution in [2.75, 3.05) is 13.3 Å². The Morgan fingerprint density at radius 1 is 1.08 bits per heavy atom. The Bertz CT molecular complexity index is 1160. The standard InChI is InChI=1S/C26H33N3O10/c1-3-5-6-7-19(20(4-2)29(37)15-30)24(33)27-14-28-25(34)22-9-8-21(39-22)16-10-17(26(35)36)12-18(11-16)38-13-23(31)32/h8-12,15,19-20,37H,3-7,13-14H2,1-2H3,(H,27,33)(H,28,34)(H,31,32)(H,35,36). The maximum atomic E-state index is 12.8. The molecule has 2 atom stereocenters. The van der Waals surface area contributed by atoms with Crippen LogP contribution in [0.4, 0.5) is 0 Å². The lowest BCUT2D eigenvalue weighted by atomic mass is 9.90. The van der Waals surface area contributed by atoms with Crippen LogP contribution in [0.2, 0.25) is 0 Å². The van der Waals surface area contributed by atoms with E-state index in [2.05, 4.69) is 10.6 Å². The number of hydroxylamine groups is 2. The molecule has 0 aliphatic carbocycles. The smallest absolute Gasteiger partial charge is 0.341 e. The van der Waals surface area contributed by atoms with Gasteiger partial charge < -0.3 is 30.0 Å². The molecule has 1 heterocycles. The zero-order valence-electron chi connectivity index (χ0n) is 21.7. The van der Waals surface area contributed by atoms with Crippen LogP contribution >= 0.6 is 0 Å². The third-order valence-electron chi connectivity index (χ3n) is 5.93. The van der Waals surface area contributed by atoms with Gasteiger partial charge in [0.05, 0.1) is 24.2 Å². The summed E-state index contributed by atoms with van der Waals surface area (Å²) in [6, 6.07) is 5.89. The highest BCUT2D eigenvalue weighted by atomic mass is 16.5. The molecule has 0 bridgehead atoms. The molecule has 1 aromatic carbocycles. The van der Waals surface area contributed by atoms with Crippen molar-refractivity contribution >= 4 is 30.2 Å². The first-order valence-corrected chi connectivity index (χ1v) is 12.4. The van der Waals surface area contributed by atoms with Crippen LogP contribution in [0.25, 0.3) is 11.3 Å². The highest BCUT2D eigenvalue weighted by Crippen LogP contribution is 2.28. The molecule has 212 valence electrons. The molecule has 2 aromatic rings. The molecule has 13 heteroatoms. The van der Waals surface area contributed by atoms with Crippen LogP contribution in [0, 0.1) is 5.92 Å². The average molecular weight is 548 g/mol. The number of amides is 3. The van der Waals surface area contributed by atoms with Gasteiger partial charge in [0.1, 0.15) is 11.5 Å². The summed E-state index contributed by atoms with van der Waals surface area (Å²) in [5.74, 6) is -4.28. The third-order valence-corrected chi connectivity index (χ3v) is 5.93. The van der Waals surface area contributed by atoms with Crippen LogP contribution in [0.15, 0.2) is 34.7 Å². The fraction of sp³-hybridized carbons (Fsp3) is 0.423. The topological polar surface area (TPSA) is 196 Å². The maximum absolute atomic E-state index is 12.8. The van der Waals surface area contributed by atoms with Crippen LogP contribution in [0.5, 0.6) is 5.75 Å². The largest absolute Gasteiger partial charge is 0.482 e. The van der Waals surface area contributed by atoms with Gasteiger partial charge in [-0.25, -0.2) is 14.7 Å². The van der Waals surface area contributed by atoms with Gasteiger partial charge in [0.2, 0.25) is 12.3 Å². The number of nitrogens with one attached hydrogen (secondary N) is 2. The van der Waals surface area contributed by atoms with E-state index < -0.39 is 42.3 Å². The molecule has 5 N–H and O–H groups in total. The second kappa shape index (κ2) is 15.1. The Hall–Kier alpha value is -4.39. The number of hydrogen-bond acceptors (Lipinski definition) is 8. The lowest BCUT2D eigenvalue weighted by Gasteiger charge is -2.29. The Kier molecular flexibility index (Phi) is 12.0. The van der Waals surface area contributed by atoms with E-state index in [-0.39, 0.29) is 41.5 Å². The summed E-state index contributed by atoms with van der Waals surface area (Å²) in [6.45, 7) is 2.84. The number of carboxylic acid groups (broad SMARTS) is 2. The summed E-state index contributed by atoms with van der Waals surface area (Å²) in [6.07, 6.45) is 3.61. The van der Waals surface area contributed by atoms with Crippen molar-refractivity contribution in [3.63, 3.8) is 0 Å². The summed E-state index contributed by atoms with van der Waals surface area (Å²) in [4.78, 5) is 58.7. The quantitative estimate of drug-likeness (QED) is 0.0646. The number of benzene rings is 1. The lowest BCUT2D eigenvalue weighted by Crippen LogP contribution is -2.47. The van der Waals surface area contributed by atoms with Crippen molar-refractivity contribution in [3.05, 3.63) is 41.7 Å². The van der Waals surface area contributed by atoms with Gasteiger partial charge in [-0.05, 0) is 43.2 Å². The predicted molar refractivity (Wildman–Crippen MR) is 136 cm³/mol. The lowest BCUT2D eigenvalue weighted by molar-refractivity contribution is -0.168. The van der Waals surface area contributed by atoms with Crippen molar-refractivity contribution in [2.24, 2.45) is 5.92 Å². The minimum absolute atomic E-state index is 0.00712. The molecule has 3 amide bonds. The molecule has 39 heavy (non-hydrogen) atoms. The van der Waals surface area contributed by atoms with Gasteiger partial charge >= 0.3 is 11.9 Å². The van der Waals surface area contributed by atoms with E-state index in [9.17, 15) is 34.3 Å². The molecule has 1 aromatic heterocycles. The van der Waals surface area contributed by atoms with Crippen LogP contribution in [-0.2, 0) is 14.4 Å². The number of furan rings is 1. The molecular formula is C26H33N3O10. The Morgan fingerprint density at radius 3 is 2.44 bits per heavy atom. The Balaban J connectivity index is 2.08. The molecule has 2 unspecified atom stereocenters. The Morgan fingerprint density at radius 2 is 1.82 bits per heavy atom. The van der Waals surface area contributed by atoms with E-state index >= 15 is 0 Å². The first-order valence-electron chi connectivity index (χ1n) is 12.4. The van der Waals surface area contributed by atoms with Crippen LogP contribution < -0.4 is 15.4 Å². The molecule has 0 radical (unpaired) electrons. The number of carbonyl (C=O) groups excluding carboxylic acids is 3. The summed E-state index contributed by atoms with van der Waals surface area (Å²) in [7, 11) is 0. The number of carboxylic acids is 2. The summed E-state index contributed by atoms with van der Waals surface area (Å²) < 4.78 is 10.6. The maximum Gasteiger partial charge on any atom is 0.341 e. The molecule has 0 saturated carbocycles. The van der Waals surface area contributed by atoms with E-state index in [1.807, 2.05) is 6.92 Å². The third kappa shape index (κ3) is 9.14. The fourth-order valence-corrected chi connectivity index (χ4v) is 3.98. The summed E-state index contributed by atoms with van der Waals surface area (Å²) in [5, 5.41) is 33.7. The molecule has 0 fully saturated rings. The van der Waals surface area contributed by atoms with Gasteiger partial charge in [-0.15, -0.1) is 0 Å². The summed E-state index contributed by atoms with van der Waals surface area (Å²) in [5.41, 5.74) is 0.0693. The number of carbonyl (C=O) groups is 5. The number of ether oxygens (including phenoxy) is 1. The molecule has 2 rings (SSSR count). The van der Waals surface area contributed by atoms with Gasteiger partial charge in [0, 0.05) is 5.56 Å². The van der Waals surface area contributed by atoms with Crippen LogP contribution in [0.1, 0.15) is 66.9 Å². The zero-order chi connectivity index (χ0) is 28.9. The first-order chi connectivity index (χ1) is 18.6.